The van der Waals surface area contributed by atoms with Crippen molar-refractivity contribution in [2.24, 2.45) is 0 Å². The number of methoxy groups -OCH3 is 1. The first-order valence-corrected chi connectivity index (χ1v) is 5.07. The van der Waals surface area contributed by atoms with Gasteiger partial charge in [0.05, 0.1) is 20.3 Å². The van der Waals surface area contributed by atoms with E-state index in [0.717, 1.165) is 0 Å². The van der Waals surface area contributed by atoms with E-state index in [1.54, 1.807) is 6.92 Å². The monoisotopic (exact) mass is 235 g/mol. The van der Waals surface area contributed by atoms with Crippen molar-refractivity contribution in [2.75, 3.05) is 13.7 Å². The SMILES string of the molecule is CCOC(=O)c1ccc(CO)c(C#N)c1OC. The summed E-state index contributed by atoms with van der Waals surface area (Å²) in [6, 6.07) is 4.89. The fourth-order valence-electron chi connectivity index (χ4n) is 1.46. The molecule has 0 saturated heterocycles. The van der Waals surface area contributed by atoms with Crippen LogP contribution in [0, 0.1) is 11.3 Å². The smallest absolute Gasteiger partial charge is 0.341 e. The van der Waals surface area contributed by atoms with Crippen LogP contribution in [-0.2, 0) is 11.3 Å². The van der Waals surface area contributed by atoms with Crippen molar-refractivity contribution in [1.29, 1.82) is 5.26 Å². The first-order valence-electron chi connectivity index (χ1n) is 5.07. The molecule has 0 aromatic heterocycles. The zero-order valence-electron chi connectivity index (χ0n) is 9.69. The van der Waals surface area contributed by atoms with Crippen LogP contribution in [0.2, 0.25) is 0 Å². The number of nitriles is 1. The molecule has 1 N–H and O–H groups in total. The van der Waals surface area contributed by atoms with Gasteiger partial charge in [-0.05, 0) is 18.6 Å². The molecule has 0 saturated carbocycles. The molecule has 0 aliphatic rings. The normalized spacial score (nSPS) is 9.53. The van der Waals surface area contributed by atoms with Crippen molar-refractivity contribution in [1.82, 2.24) is 0 Å². The summed E-state index contributed by atoms with van der Waals surface area (Å²) in [5.41, 5.74) is 0.751. The number of rotatable bonds is 4. The molecular weight excluding hydrogens is 222 g/mol. The first-order chi connectivity index (χ1) is 8.19. The second kappa shape index (κ2) is 5.87. The zero-order chi connectivity index (χ0) is 12.8. The summed E-state index contributed by atoms with van der Waals surface area (Å²) in [5, 5.41) is 18.1. The van der Waals surface area contributed by atoms with Crippen LogP contribution in [0.15, 0.2) is 12.1 Å². The largest absolute Gasteiger partial charge is 0.494 e. The Kier molecular flexibility index (Phi) is 4.49. The Morgan fingerprint density at radius 2 is 2.24 bits per heavy atom. The summed E-state index contributed by atoms with van der Waals surface area (Å²) in [5.74, 6) is -0.414. The highest BCUT2D eigenvalue weighted by molar-refractivity contribution is 5.93. The molecule has 0 heterocycles. The molecule has 0 unspecified atom stereocenters. The Bertz CT molecular complexity index is 462. The van der Waals surface area contributed by atoms with Crippen molar-refractivity contribution < 1.29 is 19.4 Å². The highest BCUT2D eigenvalue weighted by atomic mass is 16.5. The topological polar surface area (TPSA) is 79.5 Å². The van der Waals surface area contributed by atoms with Crippen LogP contribution in [0.25, 0.3) is 0 Å². The van der Waals surface area contributed by atoms with E-state index in [0.29, 0.717) is 5.56 Å². The Labute approximate surface area is 99.2 Å². The number of esters is 1. The molecule has 1 aromatic carbocycles. The summed E-state index contributed by atoms with van der Waals surface area (Å²) in [6.45, 7) is 1.64. The fraction of sp³-hybridized carbons (Fsp3) is 0.333. The Hall–Kier alpha value is -2.06. The number of benzene rings is 1. The van der Waals surface area contributed by atoms with Crippen LogP contribution in [0.3, 0.4) is 0 Å². The van der Waals surface area contributed by atoms with Gasteiger partial charge in [-0.1, -0.05) is 6.07 Å². The molecule has 17 heavy (non-hydrogen) atoms. The van der Waals surface area contributed by atoms with Crippen molar-refractivity contribution in [2.45, 2.75) is 13.5 Å². The molecule has 0 aliphatic carbocycles. The molecule has 5 nitrogen and oxygen atoms in total. The minimum absolute atomic E-state index is 0.137. The molecule has 0 aliphatic heterocycles. The molecule has 90 valence electrons. The van der Waals surface area contributed by atoms with Crippen LogP contribution in [0.5, 0.6) is 5.75 Å². The number of aliphatic hydroxyl groups is 1. The molecule has 1 rings (SSSR count). The van der Waals surface area contributed by atoms with E-state index in [-0.39, 0.29) is 30.1 Å². The van der Waals surface area contributed by atoms with Gasteiger partial charge >= 0.3 is 5.97 Å². The third-order valence-corrected chi connectivity index (χ3v) is 2.23. The van der Waals surface area contributed by atoms with Crippen molar-refractivity contribution in [3.05, 3.63) is 28.8 Å². The highest BCUT2D eigenvalue weighted by Gasteiger charge is 2.19. The summed E-state index contributed by atoms with van der Waals surface area (Å²) >= 11 is 0. The third-order valence-electron chi connectivity index (χ3n) is 2.23. The van der Waals surface area contributed by atoms with E-state index < -0.39 is 5.97 Å². The van der Waals surface area contributed by atoms with Crippen LogP contribution >= 0.6 is 0 Å². The summed E-state index contributed by atoms with van der Waals surface area (Å²) < 4.78 is 9.90. The maximum atomic E-state index is 11.6. The fourth-order valence-corrected chi connectivity index (χ4v) is 1.46. The number of hydrogen-bond donors (Lipinski definition) is 1. The Morgan fingerprint density at radius 3 is 2.71 bits per heavy atom. The van der Waals surface area contributed by atoms with Gasteiger partial charge in [-0.2, -0.15) is 5.26 Å². The van der Waals surface area contributed by atoms with Crippen LogP contribution < -0.4 is 4.74 Å². The zero-order valence-corrected chi connectivity index (χ0v) is 9.69. The van der Waals surface area contributed by atoms with E-state index >= 15 is 0 Å². The van der Waals surface area contributed by atoms with Gasteiger partial charge in [0.1, 0.15) is 17.2 Å². The number of nitrogens with zero attached hydrogens (tertiary/aromatic N) is 1. The van der Waals surface area contributed by atoms with Gasteiger partial charge in [-0.15, -0.1) is 0 Å². The minimum Gasteiger partial charge on any atom is -0.494 e. The van der Waals surface area contributed by atoms with Gasteiger partial charge in [0.2, 0.25) is 0 Å². The second-order valence-electron chi connectivity index (χ2n) is 3.17. The van der Waals surface area contributed by atoms with Crippen LogP contribution in [-0.4, -0.2) is 24.8 Å². The summed E-state index contributed by atoms with van der Waals surface area (Å²) in [7, 11) is 1.36. The average molecular weight is 235 g/mol. The Morgan fingerprint density at radius 1 is 1.53 bits per heavy atom. The number of hydrogen-bond acceptors (Lipinski definition) is 5. The lowest BCUT2D eigenvalue weighted by molar-refractivity contribution is 0.0522. The number of ether oxygens (including phenoxy) is 2. The molecule has 0 spiro atoms. The van der Waals surface area contributed by atoms with Gasteiger partial charge in [-0.3, -0.25) is 0 Å². The van der Waals surface area contributed by atoms with Gasteiger partial charge in [-0.25, -0.2) is 4.79 Å². The quantitative estimate of drug-likeness (QED) is 0.794. The maximum Gasteiger partial charge on any atom is 0.341 e. The molecule has 5 heteroatoms. The average Bonchev–Trinajstić information content (AvgIpc) is 2.36. The van der Waals surface area contributed by atoms with Crippen molar-refractivity contribution in [3.8, 4) is 11.8 Å². The lowest BCUT2D eigenvalue weighted by Crippen LogP contribution is -2.09. The van der Waals surface area contributed by atoms with Crippen LogP contribution in [0.1, 0.15) is 28.4 Å². The summed E-state index contributed by atoms with van der Waals surface area (Å²) in [4.78, 5) is 11.6. The minimum atomic E-state index is -0.551. The predicted octanol–water partition coefficient (Wildman–Crippen LogP) is 1.24. The molecule has 0 fully saturated rings. The van der Waals surface area contributed by atoms with E-state index in [4.69, 9.17) is 19.8 Å². The maximum absolute atomic E-state index is 11.6. The van der Waals surface area contributed by atoms with Crippen molar-refractivity contribution in [3.63, 3.8) is 0 Å². The lowest BCUT2D eigenvalue weighted by atomic mass is 10.0. The number of aliphatic hydroxyl groups excluding tert-OH is 1. The summed E-state index contributed by atoms with van der Waals surface area (Å²) in [6.07, 6.45) is 0. The van der Waals surface area contributed by atoms with E-state index in [9.17, 15) is 4.79 Å². The highest BCUT2D eigenvalue weighted by Crippen LogP contribution is 2.27. The van der Waals surface area contributed by atoms with Gasteiger partial charge < -0.3 is 14.6 Å². The third kappa shape index (κ3) is 2.55. The molecular formula is C12H13NO4. The second-order valence-corrected chi connectivity index (χ2v) is 3.17. The molecule has 0 bridgehead atoms. The first kappa shape index (κ1) is 13.0. The van der Waals surface area contributed by atoms with Gasteiger partial charge in [0.25, 0.3) is 0 Å². The Balaban J connectivity index is 3.34. The predicted molar refractivity (Wildman–Crippen MR) is 59.6 cm³/mol. The van der Waals surface area contributed by atoms with Gasteiger partial charge in [0.15, 0.2) is 5.75 Å². The number of carbonyl (C=O) groups is 1. The molecule has 0 atom stereocenters. The number of carbonyl (C=O) groups excluding carboxylic acids is 1. The van der Waals surface area contributed by atoms with E-state index in [1.165, 1.54) is 19.2 Å². The molecule has 1 aromatic rings. The molecule has 0 amide bonds. The lowest BCUT2D eigenvalue weighted by Gasteiger charge is -2.11. The van der Waals surface area contributed by atoms with Crippen molar-refractivity contribution >= 4 is 5.97 Å². The van der Waals surface area contributed by atoms with E-state index in [2.05, 4.69) is 0 Å². The van der Waals surface area contributed by atoms with Crippen LogP contribution in [0.4, 0.5) is 0 Å². The molecule has 0 radical (unpaired) electrons. The standard InChI is InChI=1S/C12H13NO4/c1-3-17-12(15)9-5-4-8(7-14)10(6-13)11(9)16-2/h4-5,14H,3,7H2,1-2H3. The van der Waals surface area contributed by atoms with Gasteiger partial charge in [0, 0.05) is 0 Å². The van der Waals surface area contributed by atoms with E-state index in [1.807, 2.05) is 6.07 Å².